The number of benzene rings is 2. The van der Waals surface area contributed by atoms with Gasteiger partial charge in [0.15, 0.2) is 0 Å². The molecule has 1 aliphatic carbocycles. The maximum absolute atomic E-state index is 12.5. The molecule has 0 spiro atoms. The number of esters is 2. The van der Waals surface area contributed by atoms with Crippen LogP contribution in [0.1, 0.15) is 46.8 Å². The molecule has 0 amide bonds. The van der Waals surface area contributed by atoms with Crippen LogP contribution < -0.4 is 4.74 Å². The standard InChI is InChI=1S/C21H22O4/c1-2-24-19(22)14-17-13-12-15-8-6-7-11-18(15)20(17)25-21(23)16-9-4-3-5-10-16/h3-5,9-10,12-13H,2,6-8,11,14H2,1H3. The van der Waals surface area contributed by atoms with Crippen LogP contribution in [0.2, 0.25) is 0 Å². The third kappa shape index (κ3) is 4.08. The smallest absolute Gasteiger partial charge is 0.343 e. The van der Waals surface area contributed by atoms with Crippen LogP contribution >= 0.6 is 0 Å². The van der Waals surface area contributed by atoms with E-state index in [1.807, 2.05) is 18.2 Å². The molecule has 4 nitrogen and oxygen atoms in total. The second-order valence-electron chi connectivity index (χ2n) is 6.14. The molecule has 0 atom stereocenters. The van der Waals surface area contributed by atoms with E-state index in [-0.39, 0.29) is 12.4 Å². The Hall–Kier alpha value is -2.62. The highest BCUT2D eigenvalue weighted by atomic mass is 16.5. The van der Waals surface area contributed by atoms with Gasteiger partial charge in [-0.25, -0.2) is 4.79 Å². The Balaban J connectivity index is 1.93. The summed E-state index contributed by atoms with van der Waals surface area (Å²) in [6.45, 7) is 2.12. The Labute approximate surface area is 147 Å². The van der Waals surface area contributed by atoms with Gasteiger partial charge in [-0.1, -0.05) is 30.3 Å². The van der Waals surface area contributed by atoms with Crippen LogP contribution in [0, 0.1) is 0 Å². The average Bonchev–Trinajstić information content (AvgIpc) is 2.64. The molecule has 0 saturated carbocycles. The Bertz CT molecular complexity index is 765. The zero-order chi connectivity index (χ0) is 17.6. The zero-order valence-electron chi connectivity index (χ0n) is 14.4. The lowest BCUT2D eigenvalue weighted by molar-refractivity contribution is -0.142. The molecular formula is C21H22O4. The first-order valence-corrected chi connectivity index (χ1v) is 8.75. The SMILES string of the molecule is CCOC(=O)Cc1ccc2c(c1OC(=O)c1ccccc1)CCCC2. The highest BCUT2D eigenvalue weighted by Gasteiger charge is 2.22. The number of carbonyl (C=O) groups is 2. The summed E-state index contributed by atoms with van der Waals surface area (Å²) in [4.78, 5) is 24.5. The summed E-state index contributed by atoms with van der Waals surface area (Å²) < 4.78 is 10.8. The number of ether oxygens (including phenoxy) is 2. The molecule has 1 aliphatic rings. The number of hydrogen-bond donors (Lipinski definition) is 0. The molecule has 0 bridgehead atoms. The predicted octanol–water partition coefficient (Wildman–Crippen LogP) is 3.89. The van der Waals surface area contributed by atoms with E-state index in [4.69, 9.17) is 9.47 Å². The topological polar surface area (TPSA) is 52.6 Å². The Morgan fingerprint density at radius 2 is 1.76 bits per heavy atom. The highest BCUT2D eigenvalue weighted by Crippen LogP contribution is 2.34. The summed E-state index contributed by atoms with van der Waals surface area (Å²) in [5.74, 6) is -0.168. The maximum Gasteiger partial charge on any atom is 0.343 e. The van der Waals surface area contributed by atoms with Crippen molar-refractivity contribution in [3.05, 3.63) is 64.7 Å². The van der Waals surface area contributed by atoms with E-state index < -0.39 is 5.97 Å². The van der Waals surface area contributed by atoms with Gasteiger partial charge < -0.3 is 9.47 Å². The normalized spacial score (nSPS) is 13.0. The van der Waals surface area contributed by atoms with Crippen LogP contribution in [-0.4, -0.2) is 18.5 Å². The lowest BCUT2D eigenvalue weighted by atomic mass is 9.88. The van der Waals surface area contributed by atoms with Crippen LogP contribution in [0.4, 0.5) is 0 Å². The first-order valence-electron chi connectivity index (χ1n) is 8.75. The van der Waals surface area contributed by atoms with Gasteiger partial charge in [-0.15, -0.1) is 0 Å². The lowest BCUT2D eigenvalue weighted by Gasteiger charge is -2.21. The van der Waals surface area contributed by atoms with E-state index in [1.54, 1.807) is 31.2 Å². The van der Waals surface area contributed by atoms with Crippen molar-refractivity contribution in [3.8, 4) is 5.75 Å². The molecule has 2 aromatic carbocycles. The fraction of sp³-hybridized carbons (Fsp3) is 0.333. The summed E-state index contributed by atoms with van der Waals surface area (Å²) in [5, 5.41) is 0. The Morgan fingerprint density at radius 3 is 2.52 bits per heavy atom. The molecule has 0 N–H and O–H groups in total. The van der Waals surface area contributed by atoms with Crippen molar-refractivity contribution in [1.82, 2.24) is 0 Å². The van der Waals surface area contributed by atoms with Gasteiger partial charge in [-0.05, 0) is 55.9 Å². The van der Waals surface area contributed by atoms with Gasteiger partial charge in [0, 0.05) is 5.56 Å². The van der Waals surface area contributed by atoms with Crippen LogP contribution in [0.3, 0.4) is 0 Å². The molecule has 0 aliphatic heterocycles. The van der Waals surface area contributed by atoms with Gasteiger partial charge in [0.25, 0.3) is 0 Å². The van der Waals surface area contributed by atoms with Gasteiger partial charge >= 0.3 is 11.9 Å². The quantitative estimate of drug-likeness (QED) is 0.613. The van der Waals surface area contributed by atoms with Crippen molar-refractivity contribution in [2.24, 2.45) is 0 Å². The summed E-state index contributed by atoms with van der Waals surface area (Å²) in [5.41, 5.74) is 3.47. The van der Waals surface area contributed by atoms with Crippen molar-refractivity contribution < 1.29 is 19.1 Å². The summed E-state index contributed by atoms with van der Waals surface area (Å²) in [6, 6.07) is 12.8. The van der Waals surface area contributed by atoms with E-state index >= 15 is 0 Å². The highest BCUT2D eigenvalue weighted by molar-refractivity contribution is 5.91. The molecule has 0 saturated heterocycles. The van der Waals surface area contributed by atoms with Gasteiger partial charge in [0.2, 0.25) is 0 Å². The third-order valence-electron chi connectivity index (χ3n) is 4.41. The third-order valence-corrected chi connectivity index (χ3v) is 4.41. The molecule has 0 heterocycles. The van der Waals surface area contributed by atoms with Crippen LogP contribution in [0.5, 0.6) is 5.75 Å². The second-order valence-corrected chi connectivity index (χ2v) is 6.14. The largest absolute Gasteiger partial charge is 0.466 e. The molecule has 25 heavy (non-hydrogen) atoms. The summed E-state index contributed by atoms with van der Waals surface area (Å²) in [7, 11) is 0. The van der Waals surface area contributed by atoms with E-state index in [2.05, 4.69) is 0 Å². The second kappa shape index (κ2) is 7.97. The fourth-order valence-corrected chi connectivity index (χ4v) is 3.20. The fourth-order valence-electron chi connectivity index (χ4n) is 3.20. The van der Waals surface area contributed by atoms with Crippen LogP contribution in [0.15, 0.2) is 42.5 Å². The van der Waals surface area contributed by atoms with E-state index in [0.717, 1.165) is 31.2 Å². The van der Waals surface area contributed by atoms with Gasteiger partial charge in [-0.3, -0.25) is 4.79 Å². The molecule has 4 heteroatoms. The Kier molecular flexibility index (Phi) is 5.49. The van der Waals surface area contributed by atoms with Gasteiger partial charge in [0.1, 0.15) is 5.75 Å². The van der Waals surface area contributed by atoms with Gasteiger partial charge in [-0.2, -0.15) is 0 Å². The minimum atomic E-state index is -0.398. The summed E-state index contributed by atoms with van der Waals surface area (Å²) in [6.07, 6.45) is 4.15. The number of carbonyl (C=O) groups excluding carboxylic acids is 2. The zero-order valence-corrected chi connectivity index (χ0v) is 14.4. The molecule has 0 radical (unpaired) electrons. The first-order chi connectivity index (χ1) is 12.2. The number of hydrogen-bond acceptors (Lipinski definition) is 4. The van der Waals surface area contributed by atoms with Crippen molar-refractivity contribution >= 4 is 11.9 Å². The molecular weight excluding hydrogens is 316 g/mol. The van der Waals surface area contributed by atoms with Crippen molar-refractivity contribution in [2.45, 2.75) is 39.0 Å². The minimum Gasteiger partial charge on any atom is -0.466 e. The predicted molar refractivity (Wildman–Crippen MR) is 94.8 cm³/mol. The van der Waals surface area contributed by atoms with Crippen molar-refractivity contribution in [2.75, 3.05) is 6.61 Å². The van der Waals surface area contributed by atoms with E-state index in [9.17, 15) is 9.59 Å². The lowest BCUT2D eigenvalue weighted by Crippen LogP contribution is -2.16. The van der Waals surface area contributed by atoms with Gasteiger partial charge in [0.05, 0.1) is 18.6 Å². The van der Waals surface area contributed by atoms with Crippen LogP contribution in [0.25, 0.3) is 0 Å². The van der Waals surface area contributed by atoms with Crippen LogP contribution in [-0.2, 0) is 28.8 Å². The number of rotatable bonds is 5. The summed E-state index contributed by atoms with van der Waals surface area (Å²) >= 11 is 0. The molecule has 0 aromatic heterocycles. The van der Waals surface area contributed by atoms with Crippen molar-refractivity contribution in [3.63, 3.8) is 0 Å². The van der Waals surface area contributed by atoms with Crippen molar-refractivity contribution in [1.29, 1.82) is 0 Å². The molecule has 2 aromatic rings. The average molecular weight is 338 g/mol. The monoisotopic (exact) mass is 338 g/mol. The first kappa shape index (κ1) is 17.2. The molecule has 130 valence electrons. The minimum absolute atomic E-state index is 0.110. The van der Waals surface area contributed by atoms with E-state index in [1.165, 1.54) is 5.56 Å². The maximum atomic E-state index is 12.5. The number of aryl methyl sites for hydroxylation is 1. The molecule has 3 rings (SSSR count). The molecule has 0 fully saturated rings. The number of fused-ring (bicyclic) bond motifs is 1. The van der Waals surface area contributed by atoms with E-state index in [0.29, 0.717) is 23.5 Å². The Morgan fingerprint density at radius 1 is 1.00 bits per heavy atom. The molecule has 0 unspecified atom stereocenters.